The second-order valence-electron chi connectivity index (χ2n) is 4.69. The third-order valence-electron chi connectivity index (χ3n) is 3.40. The minimum Gasteiger partial charge on any atom is -0.321 e. The zero-order valence-electron chi connectivity index (χ0n) is 9.47. The van der Waals surface area contributed by atoms with E-state index in [0.717, 1.165) is 30.2 Å². The fourth-order valence-electron chi connectivity index (χ4n) is 2.43. The van der Waals surface area contributed by atoms with Crippen LogP contribution in [0.15, 0.2) is 22.7 Å². The molecule has 0 amide bonds. The lowest BCUT2D eigenvalue weighted by atomic mass is 9.82. The van der Waals surface area contributed by atoms with Crippen LogP contribution in [0.25, 0.3) is 0 Å². The van der Waals surface area contributed by atoms with E-state index < -0.39 is 5.54 Å². The number of benzene rings is 1. The van der Waals surface area contributed by atoms with Gasteiger partial charge >= 0.3 is 0 Å². The highest BCUT2D eigenvalue weighted by Crippen LogP contribution is 2.47. The van der Waals surface area contributed by atoms with Gasteiger partial charge in [-0.15, -0.1) is 0 Å². The highest BCUT2D eigenvalue weighted by atomic mass is 79.9. The summed E-state index contributed by atoms with van der Waals surface area (Å²) in [4.78, 5) is 0. The maximum Gasteiger partial charge on any atom is 0.128 e. The Morgan fingerprint density at radius 1 is 1.50 bits per heavy atom. The van der Waals surface area contributed by atoms with Gasteiger partial charge in [0, 0.05) is 15.6 Å². The lowest BCUT2D eigenvalue weighted by Crippen LogP contribution is -2.39. The van der Waals surface area contributed by atoms with Gasteiger partial charge in [-0.25, -0.2) is 4.39 Å². The predicted octanol–water partition coefficient (Wildman–Crippen LogP) is 3.95. The van der Waals surface area contributed by atoms with Gasteiger partial charge in [0.15, 0.2) is 0 Å². The summed E-state index contributed by atoms with van der Waals surface area (Å²) in [5.74, 6) is 0.280. The normalized spacial score (nSPS) is 19.5. The van der Waals surface area contributed by atoms with E-state index in [0.29, 0.717) is 11.5 Å². The summed E-state index contributed by atoms with van der Waals surface area (Å²) in [7, 11) is 0. The molecule has 1 aromatic rings. The topological polar surface area (TPSA) is 26.0 Å². The summed E-state index contributed by atoms with van der Waals surface area (Å²) >= 11 is 3.39. The van der Waals surface area contributed by atoms with E-state index in [2.05, 4.69) is 22.9 Å². The molecule has 1 nitrogen and oxygen atoms in total. The first-order valence-electron chi connectivity index (χ1n) is 5.82. The molecule has 0 saturated heterocycles. The summed E-state index contributed by atoms with van der Waals surface area (Å²) in [6.07, 6.45) is 4.09. The first-order chi connectivity index (χ1) is 7.58. The highest BCUT2D eigenvalue weighted by molar-refractivity contribution is 9.10. The van der Waals surface area contributed by atoms with Crippen LogP contribution in [-0.2, 0) is 5.54 Å². The molecule has 1 fully saturated rings. The van der Waals surface area contributed by atoms with Crippen LogP contribution >= 0.6 is 15.9 Å². The zero-order valence-corrected chi connectivity index (χ0v) is 11.1. The van der Waals surface area contributed by atoms with Crippen LogP contribution < -0.4 is 5.73 Å². The lowest BCUT2D eigenvalue weighted by Gasteiger charge is -2.30. The Hall–Kier alpha value is -0.410. The van der Waals surface area contributed by atoms with Gasteiger partial charge in [0.25, 0.3) is 0 Å². The molecule has 16 heavy (non-hydrogen) atoms. The molecule has 1 aromatic carbocycles. The molecule has 2 N–H and O–H groups in total. The van der Waals surface area contributed by atoms with Crippen molar-refractivity contribution in [3.63, 3.8) is 0 Å². The van der Waals surface area contributed by atoms with Gasteiger partial charge in [-0.1, -0.05) is 29.3 Å². The Balaban J connectivity index is 2.41. The Morgan fingerprint density at radius 3 is 2.75 bits per heavy atom. The van der Waals surface area contributed by atoms with Crippen molar-refractivity contribution in [2.24, 2.45) is 11.7 Å². The van der Waals surface area contributed by atoms with E-state index in [-0.39, 0.29) is 5.82 Å². The summed E-state index contributed by atoms with van der Waals surface area (Å²) in [5.41, 5.74) is 6.65. The Bertz CT molecular complexity index is 390. The van der Waals surface area contributed by atoms with E-state index in [1.807, 2.05) is 6.07 Å². The van der Waals surface area contributed by atoms with E-state index in [4.69, 9.17) is 5.73 Å². The Kier molecular flexibility index (Phi) is 3.36. The van der Waals surface area contributed by atoms with Crippen LogP contribution in [0.5, 0.6) is 0 Å². The highest BCUT2D eigenvalue weighted by Gasteiger charge is 2.44. The average Bonchev–Trinajstić information content (AvgIpc) is 3.05. The number of nitrogens with two attached hydrogens (primary N) is 1. The average molecular weight is 286 g/mol. The number of rotatable bonds is 4. The monoisotopic (exact) mass is 285 g/mol. The van der Waals surface area contributed by atoms with Crippen molar-refractivity contribution >= 4 is 15.9 Å². The van der Waals surface area contributed by atoms with Crippen LogP contribution in [0.2, 0.25) is 0 Å². The number of hydrogen-bond donors (Lipinski definition) is 1. The van der Waals surface area contributed by atoms with Gasteiger partial charge < -0.3 is 5.73 Å². The predicted molar refractivity (Wildman–Crippen MR) is 67.6 cm³/mol. The molecule has 0 bridgehead atoms. The molecular weight excluding hydrogens is 269 g/mol. The lowest BCUT2D eigenvalue weighted by molar-refractivity contribution is 0.336. The third-order valence-corrected chi connectivity index (χ3v) is 3.89. The second-order valence-corrected chi connectivity index (χ2v) is 5.60. The van der Waals surface area contributed by atoms with Gasteiger partial charge in [-0.05, 0) is 43.4 Å². The molecule has 1 aliphatic carbocycles. The van der Waals surface area contributed by atoms with Gasteiger partial charge in [0.05, 0.1) is 0 Å². The first-order valence-corrected chi connectivity index (χ1v) is 6.61. The molecule has 1 atom stereocenters. The molecular formula is C13H17BrFN. The van der Waals surface area contributed by atoms with E-state index in [1.165, 1.54) is 6.07 Å². The van der Waals surface area contributed by atoms with Crippen molar-refractivity contribution in [2.75, 3.05) is 0 Å². The van der Waals surface area contributed by atoms with Crippen LogP contribution in [0, 0.1) is 11.7 Å². The smallest absolute Gasteiger partial charge is 0.128 e. The molecule has 0 aliphatic heterocycles. The Morgan fingerprint density at radius 2 is 2.19 bits per heavy atom. The molecule has 1 saturated carbocycles. The summed E-state index contributed by atoms with van der Waals surface area (Å²) in [5, 5.41) is 0. The number of hydrogen-bond acceptors (Lipinski definition) is 1. The molecule has 1 unspecified atom stereocenters. The SMILES string of the molecule is CCCC(N)(c1cc(Br)ccc1F)C1CC1. The van der Waals surface area contributed by atoms with Crippen molar-refractivity contribution in [2.45, 2.75) is 38.1 Å². The van der Waals surface area contributed by atoms with Gasteiger partial charge in [0.1, 0.15) is 5.82 Å². The van der Waals surface area contributed by atoms with Crippen molar-refractivity contribution in [3.8, 4) is 0 Å². The van der Waals surface area contributed by atoms with Crippen molar-refractivity contribution in [1.82, 2.24) is 0 Å². The van der Waals surface area contributed by atoms with Crippen molar-refractivity contribution in [1.29, 1.82) is 0 Å². The van der Waals surface area contributed by atoms with Crippen LogP contribution in [-0.4, -0.2) is 0 Å². The van der Waals surface area contributed by atoms with Crippen LogP contribution in [0.4, 0.5) is 4.39 Å². The standard InChI is InChI=1S/C13H17BrFN/c1-2-7-13(16,9-3-4-9)11-8-10(14)5-6-12(11)15/h5-6,8-9H,2-4,7,16H2,1H3. The van der Waals surface area contributed by atoms with Gasteiger partial charge in [-0.2, -0.15) is 0 Å². The third kappa shape index (κ3) is 2.16. The fraction of sp³-hybridized carbons (Fsp3) is 0.538. The van der Waals surface area contributed by atoms with Crippen LogP contribution in [0.1, 0.15) is 38.2 Å². The molecule has 0 spiro atoms. The summed E-state index contributed by atoms with van der Waals surface area (Å²) in [6, 6.07) is 5.06. The molecule has 3 heteroatoms. The summed E-state index contributed by atoms with van der Waals surface area (Å²) in [6.45, 7) is 2.10. The Labute approximate surface area is 104 Å². The maximum absolute atomic E-state index is 13.9. The first kappa shape index (κ1) is 12.1. The minimum absolute atomic E-state index is 0.175. The maximum atomic E-state index is 13.9. The summed E-state index contributed by atoms with van der Waals surface area (Å²) < 4.78 is 14.8. The van der Waals surface area contributed by atoms with E-state index in [9.17, 15) is 4.39 Å². The number of halogens is 2. The van der Waals surface area contributed by atoms with Crippen molar-refractivity contribution < 1.29 is 4.39 Å². The van der Waals surface area contributed by atoms with E-state index >= 15 is 0 Å². The molecule has 1 aliphatic rings. The zero-order chi connectivity index (χ0) is 11.8. The van der Waals surface area contributed by atoms with Crippen molar-refractivity contribution in [3.05, 3.63) is 34.1 Å². The molecule has 88 valence electrons. The molecule has 2 rings (SSSR count). The van der Waals surface area contributed by atoms with Crippen LogP contribution in [0.3, 0.4) is 0 Å². The molecule has 0 radical (unpaired) electrons. The second kappa shape index (κ2) is 4.46. The fourth-order valence-corrected chi connectivity index (χ4v) is 2.79. The molecule has 0 aromatic heterocycles. The largest absolute Gasteiger partial charge is 0.321 e. The molecule has 0 heterocycles. The van der Waals surface area contributed by atoms with E-state index in [1.54, 1.807) is 6.07 Å². The quantitative estimate of drug-likeness (QED) is 0.891. The van der Waals surface area contributed by atoms with Gasteiger partial charge in [-0.3, -0.25) is 0 Å². The minimum atomic E-state index is -0.470. The van der Waals surface area contributed by atoms with Gasteiger partial charge in [0.2, 0.25) is 0 Å².